The lowest BCUT2D eigenvalue weighted by Gasteiger charge is -2.38. The van der Waals surface area contributed by atoms with Crippen molar-refractivity contribution in [2.45, 2.75) is 25.2 Å². The minimum absolute atomic E-state index is 0.00688. The van der Waals surface area contributed by atoms with Gasteiger partial charge < -0.3 is 18.9 Å². The van der Waals surface area contributed by atoms with Gasteiger partial charge in [-0.3, -0.25) is 0 Å². The summed E-state index contributed by atoms with van der Waals surface area (Å²) in [5, 5.41) is 0. The number of aliphatic imine (C=N–C) groups is 4. The Hall–Kier alpha value is -7.08. The van der Waals surface area contributed by atoms with E-state index in [0.717, 1.165) is 0 Å². The van der Waals surface area contributed by atoms with Crippen molar-refractivity contribution in [1.29, 1.82) is 0 Å². The molecule has 0 radical (unpaired) electrons. The molecule has 0 aliphatic carbocycles. The molecule has 0 bridgehead atoms. The maximum Gasteiger partial charge on any atom is 0.229 e. The normalized spacial score (nSPS) is 15.2. The molecule has 0 unspecified atom stereocenters. The molecule has 2 heterocycles. The topological polar surface area (TPSA) is 86.4 Å². The molecule has 6 aromatic carbocycles. The minimum atomic E-state index is -2.50. The Balaban J connectivity index is 1.61. The smallest absolute Gasteiger partial charge is 0.229 e. The first kappa shape index (κ1) is 39.7. The van der Waals surface area contributed by atoms with E-state index in [1.54, 1.807) is 97.1 Å². The second kappa shape index (κ2) is 15.6. The zero-order chi connectivity index (χ0) is 42.3. The average molecular weight is 811 g/mol. The fraction of sp³-hybridized carbons (Fsp3) is 0.167. The molecule has 60 heavy (non-hydrogen) atoms. The highest BCUT2D eigenvalue weighted by Gasteiger charge is 2.63. The van der Waals surface area contributed by atoms with Crippen molar-refractivity contribution < 1.29 is 36.5 Å². The van der Waals surface area contributed by atoms with Crippen molar-refractivity contribution in [3.63, 3.8) is 0 Å². The third-order valence-electron chi connectivity index (χ3n) is 10.7. The van der Waals surface area contributed by atoms with Gasteiger partial charge in [0.25, 0.3) is 0 Å². The van der Waals surface area contributed by atoms with Gasteiger partial charge in [0.2, 0.25) is 11.3 Å². The first-order chi connectivity index (χ1) is 29.0. The molecule has 0 N–H and O–H groups in total. The first-order valence-corrected chi connectivity index (χ1v) is 18.9. The van der Waals surface area contributed by atoms with Crippen LogP contribution >= 0.6 is 0 Å². The highest BCUT2D eigenvalue weighted by Crippen LogP contribution is 2.56. The molecule has 0 spiro atoms. The SMILES string of the molecule is COc1cccc(C2=NC(c3ccc(C)c(F)c3F)(C3(c4ccc(C)c(F)c4F)N=C(c4cccc(OC)c4)C(c4cccc(OC)c4)=N3)N=C2c2cccc(OC)c2)c1. The van der Waals surface area contributed by atoms with Gasteiger partial charge in [-0.15, -0.1) is 0 Å². The van der Waals surface area contributed by atoms with E-state index in [0.29, 0.717) is 45.3 Å². The summed E-state index contributed by atoms with van der Waals surface area (Å²) in [6, 6.07) is 33.2. The second-order valence-corrected chi connectivity index (χ2v) is 14.2. The van der Waals surface area contributed by atoms with Crippen LogP contribution in [0.15, 0.2) is 141 Å². The summed E-state index contributed by atoms with van der Waals surface area (Å²) in [5.41, 5.74) is -3.33. The fourth-order valence-corrected chi connectivity index (χ4v) is 7.55. The Kier molecular flexibility index (Phi) is 10.3. The quantitative estimate of drug-likeness (QED) is 0.122. The zero-order valence-electron chi connectivity index (χ0n) is 33.5. The number of hydrogen-bond acceptors (Lipinski definition) is 8. The molecule has 8 nitrogen and oxygen atoms in total. The number of hydrogen-bond donors (Lipinski definition) is 0. The number of aryl methyl sites for hydroxylation is 2. The van der Waals surface area contributed by atoms with Gasteiger partial charge in [0.15, 0.2) is 23.3 Å². The number of methoxy groups -OCH3 is 4. The van der Waals surface area contributed by atoms with Crippen LogP contribution in [-0.2, 0) is 11.3 Å². The average Bonchev–Trinajstić information content (AvgIpc) is 3.90. The van der Waals surface area contributed by atoms with Crippen LogP contribution < -0.4 is 18.9 Å². The monoisotopic (exact) mass is 810 g/mol. The summed E-state index contributed by atoms with van der Waals surface area (Å²) < 4.78 is 89.2. The number of benzene rings is 6. The molecular formula is C48H38F4N4O4. The molecule has 0 atom stereocenters. The maximum atomic E-state index is 17.2. The lowest BCUT2D eigenvalue weighted by Crippen LogP contribution is -2.44. The van der Waals surface area contributed by atoms with Gasteiger partial charge in [-0.2, -0.15) is 0 Å². The largest absolute Gasteiger partial charge is 0.497 e. The Morgan fingerprint density at radius 3 is 0.883 bits per heavy atom. The molecule has 0 saturated carbocycles. The summed E-state index contributed by atoms with van der Waals surface area (Å²) in [4.78, 5) is 21.1. The van der Waals surface area contributed by atoms with E-state index >= 15 is 17.6 Å². The van der Waals surface area contributed by atoms with Crippen LogP contribution in [0.5, 0.6) is 23.0 Å². The van der Waals surface area contributed by atoms with Gasteiger partial charge in [0, 0.05) is 33.4 Å². The highest BCUT2D eigenvalue weighted by atomic mass is 19.2. The molecule has 12 heteroatoms. The number of rotatable bonds is 11. The predicted octanol–water partition coefficient (Wildman–Crippen LogP) is 9.88. The molecule has 0 aromatic heterocycles. The summed E-state index contributed by atoms with van der Waals surface area (Å²) in [6.45, 7) is 2.83. The molecule has 2 aliphatic rings. The maximum absolute atomic E-state index is 17.2. The number of nitrogens with zero attached hydrogens (tertiary/aromatic N) is 4. The van der Waals surface area contributed by atoms with E-state index in [1.807, 2.05) is 0 Å². The van der Waals surface area contributed by atoms with Crippen molar-refractivity contribution in [3.8, 4) is 23.0 Å². The van der Waals surface area contributed by atoms with Crippen LogP contribution in [0.2, 0.25) is 0 Å². The molecule has 0 fully saturated rings. The van der Waals surface area contributed by atoms with Crippen LogP contribution in [0.25, 0.3) is 0 Å². The van der Waals surface area contributed by atoms with Gasteiger partial charge in [0.1, 0.15) is 23.0 Å². The molecule has 0 amide bonds. The second-order valence-electron chi connectivity index (χ2n) is 14.2. The van der Waals surface area contributed by atoms with Crippen molar-refractivity contribution in [2.75, 3.05) is 28.4 Å². The van der Waals surface area contributed by atoms with Gasteiger partial charge in [-0.05, 0) is 73.5 Å². The van der Waals surface area contributed by atoms with Crippen LogP contribution in [0.1, 0.15) is 44.5 Å². The molecule has 2 aliphatic heterocycles. The summed E-state index contributed by atoms with van der Waals surface area (Å²) in [7, 11) is 6.03. The van der Waals surface area contributed by atoms with Gasteiger partial charge >= 0.3 is 0 Å². The molecule has 302 valence electrons. The van der Waals surface area contributed by atoms with Gasteiger partial charge in [0.05, 0.1) is 51.3 Å². The molecular weight excluding hydrogens is 773 g/mol. The Morgan fingerprint density at radius 2 is 0.633 bits per heavy atom. The molecule has 6 aromatic rings. The van der Waals surface area contributed by atoms with E-state index in [4.69, 9.17) is 38.9 Å². The van der Waals surface area contributed by atoms with Gasteiger partial charge in [-0.25, -0.2) is 37.5 Å². The first-order valence-electron chi connectivity index (χ1n) is 18.9. The molecule has 0 saturated heterocycles. The van der Waals surface area contributed by atoms with Crippen LogP contribution in [0.3, 0.4) is 0 Å². The Morgan fingerprint density at radius 1 is 0.367 bits per heavy atom. The lowest BCUT2D eigenvalue weighted by molar-refractivity contribution is 0.237. The summed E-state index contributed by atoms with van der Waals surface area (Å²) in [5.74, 6) is -3.17. The number of halogens is 4. The van der Waals surface area contributed by atoms with E-state index in [2.05, 4.69) is 0 Å². The fourth-order valence-electron chi connectivity index (χ4n) is 7.55. The number of ether oxygens (including phenoxy) is 4. The third kappa shape index (κ3) is 6.48. The predicted molar refractivity (Wildman–Crippen MR) is 224 cm³/mol. The van der Waals surface area contributed by atoms with Crippen LogP contribution in [0, 0.1) is 37.1 Å². The van der Waals surface area contributed by atoms with E-state index in [1.165, 1.54) is 66.6 Å². The summed E-state index contributed by atoms with van der Waals surface area (Å²) in [6.07, 6.45) is 0. The zero-order valence-corrected chi connectivity index (χ0v) is 33.5. The lowest BCUT2D eigenvalue weighted by atomic mass is 9.80. The van der Waals surface area contributed by atoms with Crippen LogP contribution in [-0.4, -0.2) is 51.3 Å². The van der Waals surface area contributed by atoms with E-state index in [9.17, 15) is 0 Å². The van der Waals surface area contributed by atoms with Crippen molar-refractivity contribution in [2.24, 2.45) is 20.0 Å². The Labute approximate surface area is 344 Å². The van der Waals surface area contributed by atoms with Crippen LogP contribution in [0.4, 0.5) is 17.6 Å². The van der Waals surface area contributed by atoms with E-state index < -0.39 is 45.7 Å². The molecule has 8 rings (SSSR count). The van der Waals surface area contributed by atoms with E-state index in [-0.39, 0.29) is 34.0 Å². The Bertz CT molecular complexity index is 2500. The van der Waals surface area contributed by atoms with Crippen molar-refractivity contribution in [3.05, 3.63) is 189 Å². The highest BCUT2D eigenvalue weighted by molar-refractivity contribution is 6.56. The van der Waals surface area contributed by atoms with Crippen molar-refractivity contribution >= 4 is 22.8 Å². The minimum Gasteiger partial charge on any atom is -0.497 e. The third-order valence-corrected chi connectivity index (χ3v) is 10.7. The van der Waals surface area contributed by atoms with Gasteiger partial charge in [-0.1, -0.05) is 72.8 Å². The van der Waals surface area contributed by atoms with Crippen molar-refractivity contribution in [1.82, 2.24) is 0 Å². The summed E-state index contributed by atoms with van der Waals surface area (Å²) >= 11 is 0. The standard InChI is InChI=1S/C48H38F4N4O4/c1-27-19-21-37(41(51)39(27)49)47(53-43(29-11-7-15-33(23-29)57-3)44(54-47)30-12-8-16-34(24-30)58-4)48(38-22-20-28(2)40(50)42(38)52)55-45(31-13-9-17-35(25-31)59-5)46(56-48)32-14-10-18-36(26-32)60-6/h7-26H,1-6H3.